The predicted octanol–water partition coefficient (Wildman–Crippen LogP) is 3.29. The van der Waals surface area contributed by atoms with Gasteiger partial charge in [0, 0.05) is 19.1 Å². The largest absolute Gasteiger partial charge is 0.457 e. The Morgan fingerprint density at radius 3 is 2.43 bits per heavy atom. The van der Waals surface area contributed by atoms with Crippen LogP contribution >= 0.6 is 0 Å². The normalized spacial score (nSPS) is 21.3. The number of nitrogens with one attached hydrogen (secondary N) is 1. The number of nitrogens with two attached hydrogens (primary N) is 1. The predicted molar refractivity (Wildman–Crippen MR) is 140 cm³/mol. The molecule has 2 saturated heterocycles. The lowest BCUT2D eigenvalue weighted by molar-refractivity contribution is 0.0497. The lowest BCUT2D eigenvalue weighted by Crippen LogP contribution is -2.51. The molecule has 0 aliphatic carbocycles. The van der Waals surface area contributed by atoms with Crippen LogP contribution in [0.3, 0.4) is 0 Å². The van der Waals surface area contributed by atoms with E-state index in [-0.39, 0.29) is 11.5 Å². The Bertz CT molecular complexity index is 1430. The Morgan fingerprint density at radius 1 is 0.973 bits per heavy atom. The number of hydrogen-bond acceptors (Lipinski definition) is 7. The third-order valence-corrected chi connectivity index (χ3v) is 7.45. The highest BCUT2D eigenvalue weighted by Crippen LogP contribution is 2.32. The number of nitrogen functional groups attached to an aromatic ring is 1. The van der Waals surface area contributed by atoms with Gasteiger partial charge in [0.1, 0.15) is 29.5 Å². The molecule has 0 radical (unpaired) electrons. The summed E-state index contributed by atoms with van der Waals surface area (Å²) in [5.74, 6) is 1.52. The summed E-state index contributed by atoms with van der Waals surface area (Å²) in [5.41, 5.74) is 7.18. The van der Waals surface area contributed by atoms with E-state index in [4.69, 9.17) is 10.5 Å². The summed E-state index contributed by atoms with van der Waals surface area (Å²) in [6, 6.07) is 16.3. The minimum Gasteiger partial charge on any atom is -0.457 e. The highest BCUT2D eigenvalue weighted by Gasteiger charge is 2.37. The number of hydrogen-bond donors (Lipinski definition) is 2. The second kappa shape index (κ2) is 9.95. The number of piperidine rings is 2. The summed E-state index contributed by atoms with van der Waals surface area (Å²) in [6.45, 7) is 2.96. The molecule has 37 heavy (non-hydrogen) atoms. The third-order valence-electron chi connectivity index (χ3n) is 7.45. The molecule has 192 valence electrons. The van der Waals surface area contributed by atoms with Gasteiger partial charge in [-0.3, -0.25) is 14.0 Å². The van der Waals surface area contributed by atoms with Gasteiger partial charge in [0.25, 0.3) is 0 Å². The van der Waals surface area contributed by atoms with Gasteiger partial charge < -0.3 is 15.8 Å². The van der Waals surface area contributed by atoms with Crippen molar-refractivity contribution in [1.82, 2.24) is 29.3 Å². The van der Waals surface area contributed by atoms with Gasteiger partial charge in [0.05, 0.1) is 11.7 Å². The van der Waals surface area contributed by atoms with Gasteiger partial charge in [0.2, 0.25) is 0 Å². The number of imidazole rings is 1. The minimum atomic E-state index is -1.20. The van der Waals surface area contributed by atoms with Crippen LogP contribution in [0.2, 0.25) is 0 Å². The zero-order valence-corrected chi connectivity index (χ0v) is 20.5. The van der Waals surface area contributed by atoms with Crippen LogP contribution in [0.25, 0.3) is 16.9 Å². The van der Waals surface area contributed by atoms with Crippen molar-refractivity contribution < 1.29 is 9.13 Å². The van der Waals surface area contributed by atoms with Gasteiger partial charge >= 0.3 is 5.69 Å². The van der Waals surface area contributed by atoms with Crippen molar-refractivity contribution in [3.05, 3.63) is 71.4 Å². The quantitative estimate of drug-likeness (QED) is 0.431. The third kappa shape index (κ3) is 4.47. The van der Waals surface area contributed by atoms with Gasteiger partial charge in [-0.1, -0.05) is 18.2 Å². The topological polar surface area (TPSA) is 103 Å². The number of fused-ring (bicyclic) bond motifs is 1. The first-order valence-electron chi connectivity index (χ1n) is 12.8. The standard InChI is InChI=1S/C27H30FN7O2/c28-22-16-33(18-10-13-30-14-11-18)15-12-23(22)35-26-24(25(29)31-17-32-26)34(27(35)36)19-6-8-21(9-7-19)37-20-4-2-1-3-5-20/h1-9,17-18,22-23,30H,10-16H2,(H2,29,31,32)/t22-,23+/m0/s1. The lowest BCUT2D eigenvalue weighted by Gasteiger charge is -2.41. The number of ether oxygens (including phenoxy) is 1. The van der Waals surface area contributed by atoms with Crippen LogP contribution < -0.4 is 21.5 Å². The van der Waals surface area contributed by atoms with Gasteiger partial charge in [-0.15, -0.1) is 0 Å². The molecule has 0 spiro atoms. The summed E-state index contributed by atoms with van der Waals surface area (Å²) in [5, 5.41) is 3.36. The number of aromatic nitrogens is 4. The number of benzene rings is 2. The number of rotatable bonds is 5. The van der Waals surface area contributed by atoms with E-state index >= 15 is 4.39 Å². The van der Waals surface area contributed by atoms with Crippen molar-refractivity contribution in [2.24, 2.45) is 0 Å². The van der Waals surface area contributed by atoms with Gasteiger partial charge in [-0.25, -0.2) is 19.2 Å². The van der Waals surface area contributed by atoms with Crippen molar-refractivity contribution in [1.29, 1.82) is 0 Å². The molecule has 4 aromatic rings. The SMILES string of the molecule is Nc1ncnc2c1n(-c1ccc(Oc3ccccc3)cc1)c(=O)n2[C@@H]1CCN(C2CCNCC2)C[C@@H]1F. The molecule has 4 heterocycles. The van der Waals surface area contributed by atoms with Crippen LogP contribution in [0.5, 0.6) is 11.5 Å². The average Bonchev–Trinajstić information content (AvgIpc) is 3.23. The fourth-order valence-corrected chi connectivity index (χ4v) is 5.60. The number of nitrogens with zero attached hydrogens (tertiary/aromatic N) is 5. The molecule has 9 nitrogen and oxygen atoms in total. The van der Waals surface area contributed by atoms with Crippen LogP contribution in [0.1, 0.15) is 25.3 Å². The first-order chi connectivity index (χ1) is 18.1. The molecule has 3 N–H and O–H groups in total. The van der Waals surface area contributed by atoms with Crippen LogP contribution in [0.15, 0.2) is 65.7 Å². The Labute approximate surface area is 213 Å². The van der Waals surface area contributed by atoms with Crippen LogP contribution in [-0.2, 0) is 0 Å². The Hall–Kier alpha value is -3.76. The smallest absolute Gasteiger partial charge is 0.335 e. The fourth-order valence-electron chi connectivity index (χ4n) is 5.60. The molecule has 2 atom stereocenters. The van der Waals surface area contributed by atoms with E-state index in [1.54, 1.807) is 24.3 Å². The molecule has 0 saturated carbocycles. The Balaban J connectivity index is 1.33. The highest BCUT2D eigenvalue weighted by molar-refractivity contribution is 5.84. The molecule has 0 amide bonds. The van der Waals surface area contributed by atoms with E-state index in [2.05, 4.69) is 20.2 Å². The zero-order chi connectivity index (χ0) is 25.4. The lowest BCUT2D eigenvalue weighted by atomic mass is 9.97. The highest BCUT2D eigenvalue weighted by atomic mass is 19.1. The summed E-state index contributed by atoms with van der Waals surface area (Å²) < 4.78 is 24.5. The average molecular weight is 504 g/mol. The fraction of sp³-hybridized carbons (Fsp3) is 0.370. The van der Waals surface area contributed by atoms with Gasteiger partial charge in [-0.2, -0.15) is 0 Å². The van der Waals surface area contributed by atoms with Gasteiger partial charge in [0.15, 0.2) is 11.5 Å². The number of alkyl halides is 1. The number of anilines is 1. The summed E-state index contributed by atoms with van der Waals surface area (Å²) in [6.07, 6.45) is 2.69. The van der Waals surface area contributed by atoms with Crippen molar-refractivity contribution in [3.8, 4) is 17.2 Å². The van der Waals surface area contributed by atoms with Crippen molar-refractivity contribution in [2.75, 3.05) is 31.9 Å². The molecular weight excluding hydrogens is 473 g/mol. The summed E-state index contributed by atoms with van der Waals surface area (Å²) in [7, 11) is 0. The molecule has 2 aliphatic heterocycles. The molecule has 2 aromatic heterocycles. The molecule has 2 aliphatic rings. The van der Waals surface area contributed by atoms with Crippen LogP contribution in [0, 0.1) is 0 Å². The van der Waals surface area contributed by atoms with E-state index in [1.807, 2.05) is 30.3 Å². The van der Waals surface area contributed by atoms with Gasteiger partial charge in [-0.05, 0) is 68.8 Å². The molecule has 0 bridgehead atoms. The number of halogens is 1. The first kappa shape index (κ1) is 23.6. The molecule has 0 unspecified atom stereocenters. The number of para-hydroxylation sites is 1. The molecule has 10 heteroatoms. The van der Waals surface area contributed by atoms with E-state index in [1.165, 1.54) is 15.5 Å². The molecule has 2 aromatic carbocycles. The van der Waals surface area contributed by atoms with Crippen molar-refractivity contribution in [2.45, 2.75) is 37.5 Å². The van der Waals surface area contributed by atoms with Crippen molar-refractivity contribution >= 4 is 17.0 Å². The molecule has 2 fully saturated rings. The summed E-state index contributed by atoms with van der Waals surface area (Å²) >= 11 is 0. The molecule has 6 rings (SSSR count). The van der Waals surface area contributed by atoms with Crippen LogP contribution in [-0.4, -0.2) is 62.4 Å². The van der Waals surface area contributed by atoms with Crippen LogP contribution in [0.4, 0.5) is 10.2 Å². The van der Waals surface area contributed by atoms with E-state index in [0.717, 1.165) is 32.5 Å². The monoisotopic (exact) mass is 503 g/mol. The number of likely N-dealkylation sites (tertiary alicyclic amines) is 1. The maximum atomic E-state index is 15.7. The Morgan fingerprint density at radius 2 is 1.70 bits per heavy atom. The van der Waals surface area contributed by atoms with E-state index in [0.29, 0.717) is 47.4 Å². The maximum absolute atomic E-state index is 15.7. The van der Waals surface area contributed by atoms with E-state index in [9.17, 15) is 4.79 Å². The zero-order valence-electron chi connectivity index (χ0n) is 20.5. The van der Waals surface area contributed by atoms with Crippen molar-refractivity contribution in [3.63, 3.8) is 0 Å². The van der Waals surface area contributed by atoms with E-state index < -0.39 is 12.2 Å². The summed E-state index contributed by atoms with van der Waals surface area (Å²) in [4.78, 5) is 24.6. The first-order valence-corrected chi connectivity index (χ1v) is 12.8. The minimum absolute atomic E-state index is 0.174. The maximum Gasteiger partial charge on any atom is 0.335 e. The second-order valence-corrected chi connectivity index (χ2v) is 9.68. The second-order valence-electron chi connectivity index (χ2n) is 9.68. The Kier molecular flexibility index (Phi) is 6.35. The molecular formula is C27H30FN7O2.